The zero-order valence-corrected chi connectivity index (χ0v) is 17.9. The third-order valence-electron chi connectivity index (χ3n) is 4.69. The molecule has 0 amide bonds. The van der Waals surface area contributed by atoms with Gasteiger partial charge in [0.2, 0.25) is 0 Å². The summed E-state index contributed by atoms with van der Waals surface area (Å²) in [5, 5.41) is 2.53. The van der Waals surface area contributed by atoms with Crippen LogP contribution in [0.1, 0.15) is 40.2 Å². The van der Waals surface area contributed by atoms with E-state index in [4.69, 9.17) is 18.9 Å². The van der Waals surface area contributed by atoms with Gasteiger partial charge in [-0.15, -0.1) is 0 Å². The lowest BCUT2D eigenvalue weighted by Crippen LogP contribution is -2.14. The normalized spacial score (nSPS) is 11.4. The molecule has 0 unspecified atom stereocenters. The van der Waals surface area contributed by atoms with Crippen molar-refractivity contribution in [1.82, 2.24) is 0 Å². The monoisotopic (exact) mass is 410 g/mol. The molecular formula is C24H26O6. The van der Waals surface area contributed by atoms with E-state index < -0.39 is 12.3 Å². The average Bonchev–Trinajstić information content (AvgIpc) is 2.69. The molecule has 6 nitrogen and oxygen atoms in total. The van der Waals surface area contributed by atoms with Crippen molar-refractivity contribution in [3.63, 3.8) is 0 Å². The van der Waals surface area contributed by atoms with Crippen LogP contribution in [-0.4, -0.2) is 25.5 Å². The summed E-state index contributed by atoms with van der Waals surface area (Å²) in [6, 6.07) is 13.1. The summed E-state index contributed by atoms with van der Waals surface area (Å²) in [6.45, 7) is 10.1. The van der Waals surface area contributed by atoms with Crippen molar-refractivity contribution in [1.29, 1.82) is 0 Å². The lowest BCUT2D eigenvalue weighted by atomic mass is 9.85. The van der Waals surface area contributed by atoms with Gasteiger partial charge in [-0.2, -0.15) is 0 Å². The van der Waals surface area contributed by atoms with E-state index in [1.807, 2.05) is 36.4 Å². The van der Waals surface area contributed by atoms with Crippen LogP contribution in [0.2, 0.25) is 0 Å². The minimum Gasteiger partial charge on any atom is -0.434 e. The lowest BCUT2D eigenvalue weighted by Gasteiger charge is -2.21. The Morgan fingerprint density at radius 3 is 1.67 bits per heavy atom. The molecule has 0 N–H and O–H groups in total. The minimum atomic E-state index is -0.789. The summed E-state index contributed by atoms with van der Waals surface area (Å²) in [6.07, 6.45) is -1.58. The molecule has 0 aliphatic rings. The Morgan fingerprint density at radius 1 is 0.733 bits per heavy atom. The Morgan fingerprint density at radius 2 is 1.20 bits per heavy atom. The van der Waals surface area contributed by atoms with E-state index >= 15 is 0 Å². The largest absolute Gasteiger partial charge is 0.513 e. The summed E-state index contributed by atoms with van der Waals surface area (Å²) in [5.41, 5.74) is 0.907. The highest BCUT2D eigenvalue weighted by atomic mass is 16.7. The SMILES string of the molecule is CCOC(=O)Oc1c2ccccc2c(OC(=O)OCC)c2cc(C(C)(C)C)ccc12. The molecule has 30 heavy (non-hydrogen) atoms. The Labute approximate surface area is 175 Å². The Bertz CT molecular complexity index is 1090. The van der Waals surface area contributed by atoms with Crippen LogP contribution in [0.4, 0.5) is 9.59 Å². The highest BCUT2D eigenvalue weighted by molar-refractivity contribution is 6.12. The van der Waals surface area contributed by atoms with Crippen molar-refractivity contribution in [2.45, 2.75) is 40.0 Å². The summed E-state index contributed by atoms with van der Waals surface area (Å²) in [4.78, 5) is 24.3. The van der Waals surface area contributed by atoms with Gasteiger partial charge in [-0.1, -0.05) is 57.2 Å². The number of carbonyl (C=O) groups excluding carboxylic acids is 2. The van der Waals surface area contributed by atoms with E-state index in [9.17, 15) is 9.59 Å². The second-order valence-corrected chi connectivity index (χ2v) is 7.78. The first-order valence-corrected chi connectivity index (χ1v) is 9.94. The van der Waals surface area contributed by atoms with Gasteiger partial charge in [0.15, 0.2) is 0 Å². The van der Waals surface area contributed by atoms with Crippen molar-refractivity contribution in [2.75, 3.05) is 13.2 Å². The van der Waals surface area contributed by atoms with E-state index in [0.29, 0.717) is 33.0 Å². The van der Waals surface area contributed by atoms with Crippen molar-refractivity contribution in [3.05, 3.63) is 48.0 Å². The van der Waals surface area contributed by atoms with Crippen LogP contribution in [0.25, 0.3) is 21.5 Å². The molecule has 158 valence electrons. The van der Waals surface area contributed by atoms with Gasteiger partial charge in [0.05, 0.1) is 13.2 Å². The van der Waals surface area contributed by atoms with E-state index in [-0.39, 0.29) is 18.6 Å². The lowest BCUT2D eigenvalue weighted by molar-refractivity contribution is 0.103. The number of hydrogen-bond acceptors (Lipinski definition) is 6. The standard InChI is InChI=1S/C24H26O6/c1-6-27-22(25)29-20-16-10-8-9-11-17(16)21(30-23(26)28-7-2)19-14-15(24(3,4)5)12-13-18(19)20/h8-14H,6-7H2,1-5H3. The molecule has 6 heteroatoms. The van der Waals surface area contributed by atoms with Crippen LogP contribution >= 0.6 is 0 Å². The fourth-order valence-corrected chi connectivity index (χ4v) is 3.25. The van der Waals surface area contributed by atoms with Gasteiger partial charge in [-0.05, 0) is 30.9 Å². The molecule has 0 radical (unpaired) electrons. The summed E-state index contributed by atoms with van der Waals surface area (Å²) < 4.78 is 21.2. The molecule has 3 aromatic carbocycles. The molecule has 0 saturated carbocycles. The Kier molecular flexibility index (Phi) is 6.15. The molecular weight excluding hydrogens is 384 g/mol. The Balaban J connectivity index is 2.35. The number of benzene rings is 3. The van der Waals surface area contributed by atoms with Crippen molar-refractivity contribution < 1.29 is 28.5 Å². The third kappa shape index (κ3) is 4.32. The number of rotatable bonds is 4. The van der Waals surface area contributed by atoms with Gasteiger partial charge >= 0.3 is 12.3 Å². The fourth-order valence-electron chi connectivity index (χ4n) is 3.25. The molecule has 0 aliphatic carbocycles. The van der Waals surface area contributed by atoms with Crippen LogP contribution in [0, 0.1) is 0 Å². The second-order valence-electron chi connectivity index (χ2n) is 7.78. The molecule has 0 spiro atoms. The van der Waals surface area contributed by atoms with E-state index in [1.165, 1.54) is 0 Å². The fraction of sp³-hybridized carbons (Fsp3) is 0.333. The first-order chi connectivity index (χ1) is 14.3. The maximum absolute atomic E-state index is 12.2. The van der Waals surface area contributed by atoms with Crippen LogP contribution in [0.3, 0.4) is 0 Å². The predicted octanol–water partition coefficient (Wildman–Crippen LogP) is 6.36. The van der Waals surface area contributed by atoms with Gasteiger partial charge in [0.25, 0.3) is 0 Å². The zero-order chi connectivity index (χ0) is 21.9. The Hall–Kier alpha value is -3.28. The van der Waals surface area contributed by atoms with Crippen LogP contribution in [0.5, 0.6) is 11.5 Å². The first-order valence-electron chi connectivity index (χ1n) is 9.94. The third-order valence-corrected chi connectivity index (χ3v) is 4.69. The molecule has 0 saturated heterocycles. The average molecular weight is 410 g/mol. The maximum atomic E-state index is 12.2. The van der Waals surface area contributed by atoms with Gasteiger partial charge < -0.3 is 18.9 Å². The van der Waals surface area contributed by atoms with Gasteiger partial charge in [0.1, 0.15) is 11.5 Å². The highest BCUT2D eigenvalue weighted by Crippen LogP contribution is 2.44. The van der Waals surface area contributed by atoms with E-state index in [2.05, 4.69) is 20.8 Å². The minimum absolute atomic E-state index is 0.136. The van der Waals surface area contributed by atoms with Crippen molar-refractivity contribution >= 4 is 33.9 Å². The molecule has 3 rings (SSSR count). The molecule has 0 atom stereocenters. The first kappa shape index (κ1) is 21.4. The van der Waals surface area contributed by atoms with E-state index in [0.717, 1.165) is 5.56 Å². The molecule has 3 aromatic rings. The summed E-state index contributed by atoms with van der Waals surface area (Å²) in [5.74, 6) is 0.720. The smallest absolute Gasteiger partial charge is 0.434 e. The highest BCUT2D eigenvalue weighted by Gasteiger charge is 2.23. The quantitative estimate of drug-likeness (QED) is 0.283. The van der Waals surface area contributed by atoms with Gasteiger partial charge in [0, 0.05) is 21.5 Å². The van der Waals surface area contributed by atoms with Gasteiger partial charge in [-0.3, -0.25) is 0 Å². The molecule has 0 aromatic heterocycles. The number of fused-ring (bicyclic) bond motifs is 2. The van der Waals surface area contributed by atoms with E-state index in [1.54, 1.807) is 19.9 Å². The topological polar surface area (TPSA) is 71.1 Å². The van der Waals surface area contributed by atoms with Gasteiger partial charge in [-0.25, -0.2) is 9.59 Å². The predicted molar refractivity (Wildman–Crippen MR) is 115 cm³/mol. The van der Waals surface area contributed by atoms with Crippen molar-refractivity contribution in [3.8, 4) is 11.5 Å². The van der Waals surface area contributed by atoms with Crippen molar-refractivity contribution in [2.24, 2.45) is 0 Å². The number of carbonyl (C=O) groups is 2. The van der Waals surface area contributed by atoms with Crippen LogP contribution in [-0.2, 0) is 14.9 Å². The second kappa shape index (κ2) is 8.61. The maximum Gasteiger partial charge on any atom is 0.513 e. The zero-order valence-electron chi connectivity index (χ0n) is 17.9. The van der Waals surface area contributed by atoms with Crippen LogP contribution in [0.15, 0.2) is 42.5 Å². The molecule has 0 fully saturated rings. The molecule has 0 bridgehead atoms. The number of hydrogen-bond donors (Lipinski definition) is 0. The summed E-state index contributed by atoms with van der Waals surface area (Å²) >= 11 is 0. The molecule has 0 heterocycles. The number of ether oxygens (including phenoxy) is 4. The van der Waals surface area contributed by atoms with Crippen LogP contribution < -0.4 is 9.47 Å². The molecule has 0 aliphatic heterocycles. The summed E-state index contributed by atoms with van der Waals surface area (Å²) in [7, 11) is 0.